The number of amides is 3. The first-order valence-corrected chi connectivity index (χ1v) is 13.3. The van der Waals surface area contributed by atoms with Gasteiger partial charge in [0.15, 0.2) is 18.1 Å². The molecular formula is C31H34N4O7. The minimum atomic E-state index is -0.570. The summed E-state index contributed by atoms with van der Waals surface area (Å²) in [6.45, 7) is 7.79. The summed E-state index contributed by atoms with van der Waals surface area (Å²) in [5, 5.41) is 9.30. The van der Waals surface area contributed by atoms with E-state index in [0.29, 0.717) is 40.6 Å². The van der Waals surface area contributed by atoms with Crippen LogP contribution in [0.2, 0.25) is 0 Å². The molecule has 220 valence electrons. The number of benzene rings is 3. The number of hydrogen-bond acceptors (Lipinski definition) is 8. The van der Waals surface area contributed by atoms with E-state index in [1.165, 1.54) is 6.21 Å². The SMILES string of the molecule is CCOC(=O)c1ccc(NC(=O)COc2ccc(C=NNC(=O)CC(=O)Nc3ccc(C)c(C)c3)cc2OCC)cc1. The highest BCUT2D eigenvalue weighted by Gasteiger charge is 2.12. The second-order valence-corrected chi connectivity index (χ2v) is 9.09. The minimum absolute atomic E-state index is 0.276. The van der Waals surface area contributed by atoms with Crippen LogP contribution in [0.1, 0.15) is 47.3 Å². The number of nitrogens with zero attached hydrogens (tertiary/aromatic N) is 1. The van der Waals surface area contributed by atoms with E-state index in [2.05, 4.69) is 21.2 Å². The zero-order valence-electron chi connectivity index (χ0n) is 24.0. The van der Waals surface area contributed by atoms with Crippen LogP contribution in [0.3, 0.4) is 0 Å². The Hall–Kier alpha value is -5.19. The average Bonchev–Trinajstić information content (AvgIpc) is 2.95. The number of nitrogens with one attached hydrogen (secondary N) is 3. The lowest BCUT2D eigenvalue weighted by Crippen LogP contribution is -2.24. The van der Waals surface area contributed by atoms with Crippen LogP contribution >= 0.6 is 0 Å². The number of carbonyl (C=O) groups is 4. The third-order valence-electron chi connectivity index (χ3n) is 5.82. The molecule has 0 aliphatic rings. The van der Waals surface area contributed by atoms with Crippen molar-refractivity contribution < 1.29 is 33.4 Å². The lowest BCUT2D eigenvalue weighted by atomic mass is 10.1. The van der Waals surface area contributed by atoms with Crippen LogP contribution in [0, 0.1) is 13.8 Å². The van der Waals surface area contributed by atoms with Gasteiger partial charge in [0.05, 0.1) is 25.0 Å². The van der Waals surface area contributed by atoms with Crippen molar-refractivity contribution in [3.8, 4) is 11.5 Å². The molecule has 3 aromatic carbocycles. The Labute approximate surface area is 244 Å². The first-order valence-electron chi connectivity index (χ1n) is 13.3. The van der Waals surface area contributed by atoms with Gasteiger partial charge in [0.25, 0.3) is 5.91 Å². The standard InChI is InChI=1S/C31H34N4O7/c1-5-40-27-16-22(18-32-35-29(37)17-28(36)34-25-11-7-20(3)21(4)15-25)8-14-26(27)42-19-30(38)33-24-12-9-23(10-13-24)31(39)41-6-2/h7-16,18H,5-6,17,19H2,1-4H3,(H,33,38)(H,34,36)(H,35,37). The van der Waals surface area contributed by atoms with Crippen molar-refractivity contribution in [1.82, 2.24) is 5.43 Å². The number of rotatable bonds is 13. The van der Waals surface area contributed by atoms with Gasteiger partial charge >= 0.3 is 5.97 Å². The van der Waals surface area contributed by atoms with Crippen LogP contribution in [-0.2, 0) is 19.1 Å². The molecule has 3 amide bonds. The smallest absolute Gasteiger partial charge is 0.338 e. The topological polar surface area (TPSA) is 144 Å². The largest absolute Gasteiger partial charge is 0.490 e. The van der Waals surface area contributed by atoms with Crippen LogP contribution in [0.15, 0.2) is 65.8 Å². The number of ether oxygens (including phenoxy) is 3. The van der Waals surface area contributed by atoms with Gasteiger partial charge in [-0.25, -0.2) is 10.2 Å². The van der Waals surface area contributed by atoms with Crippen LogP contribution in [0.25, 0.3) is 0 Å². The van der Waals surface area contributed by atoms with Gasteiger partial charge in [0, 0.05) is 11.4 Å². The fraction of sp³-hybridized carbons (Fsp3) is 0.258. The molecule has 0 atom stereocenters. The summed E-state index contributed by atoms with van der Waals surface area (Å²) < 4.78 is 16.2. The Morgan fingerprint density at radius 3 is 2.14 bits per heavy atom. The molecule has 3 aromatic rings. The molecule has 0 aromatic heterocycles. The summed E-state index contributed by atoms with van der Waals surface area (Å²) in [5.41, 5.74) is 6.57. The zero-order valence-corrected chi connectivity index (χ0v) is 24.0. The predicted molar refractivity (Wildman–Crippen MR) is 159 cm³/mol. The second-order valence-electron chi connectivity index (χ2n) is 9.09. The van der Waals surface area contributed by atoms with E-state index in [1.54, 1.807) is 62.4 Å². The molecule has 0 saturated carbocycles. The summed E-state index contributed by atoms with van der Waals surface area (Å²) in [7, 11) is 0. The zero-order chi connectivity index (χ0) is 30.5. The Morgan fingerprint density at radius 2 is 1.45 bits per heavy atom. The molecule has 0 heterocycles. The molecule has 11 heteroatoms. The number of carbonyl (C=O) groups excluding carboxylic acids is 4. The number of esters is 1. The maximum atomic E-state index is 12.4. The van der Waals surface area contributed by atoms with Crippen LogP contribution < -0.4 is 25.5 Å². The van der Waals surface area contributed by atoms with Gasteiger partial charge in [-0.15, -0.1) is 0 Å². The van der Waals surface area contributed by atoms with Crippen molar-refractivity contribution in [1.29, 1.82) is 0 Å². The third kappa shape index (κ3) is 9.77. The van der Waals surface area contributed by atoms with Crippen molar-refractivity contribution in [2.24, 2.45) is 5.10 Å². The molecule has 0 spiro atoms. The fourth-order valence-electron chi connectivity index (χ4n) is 3.63. The predicted octanol–water partition coefficient (Wildman–Crippen LogP) is 4.38. The van der Waals surface area contributed by atoms with Crippen molar-refractivity contribution in [2.45, 2.75) is 34.1 Å². The van der Waals surface area contributed by atoms with E-state index in [-0.39, 0.29) is 13.2 Å². The van der Waals surface area contributed by atoms with E-state index in [1.807, 2.05) is 26.0 Å². The summed E-state index contributed by atoms with van der Waals surface area (Å²) in [6, 6.07) is 16.8. The quantitative estimate of drug-likeness (QED) is 0.119. The van der Waals surface area contributed by atoms with Gasteiger partial charge in [-0.1, -0.05) is 6.07 Å². The molecule has 0 bridgehead atoms. The third-order valence-corrected chi connectivity index (χ3v) is 5.82. The van der Waals surface area contributed by atoms with Gasteiger partial charge in [-0.2, -0.15) is 5.10 Å². The Balaban J connectivity index is 1.50. The molecule has 0 fully saturated rings. The highest BCUT2D eigenvalue weighted by molar-refractivity contribution is 6.03. The lowest BCUT2D eigenvalue weighted by molar-refractivity contribution is -0.126. The van der Waals surface area contributed by atoms with E-state index >= 15 is 0 Å². The monoisotopic (exact) mass is 574 g/mol. The molecule has 0 saturated heterocycles. The maximum absolute atomic E-state index is 12.4. The number of aryl methyl sites for hydroxylation is 2. The van der Waals surface area contributed by atoms with E-state index < -0.39 is 30.1 Å². The molecule has 3 N–H and O–H groups in total. The maximum Gasteiger partial charge on any atom is 0.338 e. The van der Waals surface area contributed by atoms with Gasteiger partial charge in [0.2, 0.25) is 11.8 Å². The summed E-state index contributed by atoms with van der Waals surface area (Å²) in [5.74, 6) is -1.14. The van der Waals surface area contributed by atoms with Gasteiger partial charge in [-0.05, 0) is 99.0 Å². The van der Waals surface area contributed by atoms with E-state index in [9.17, 15) is 19.2 Å². The lowest BCUT2D eigenvalue weighted by Gasteiger charge is -2.13. The average molecular weight is 575 g/mol. The highest BCUT2D eigenvalue weighted by atomic mass is 16.5. The van der Waals surface area contributed by atoms with E-state index in [0.717, 1.165) is 11.1 Å². The summed E-state index contributed by atoms with van der Waals surface area (Å²) in [6.07, 6.45) is 1.01. The van der Waals surface area contributed by atoms with Crippen LogP contribution in [0.5, 0.6) is 11.5 Å². The number of anilines is 2. The minimum Gasteiger partial charge on any atom is -0.490 e. The Kier molecular flexibility index (Phi) is 11.6. The van der Waals surface area contributed by atoms with Gasteiger partial charge < -0.3 is 24.8 Å². The molecular weight excluding hydrogens is 540 g/mol. The summed E-state index contributed by atoms with van der Waals surface area (Å²) >= 11 is 0. The number of hydrogen-bond donors (Lipinski definition) is 3. The normalized spacial score (nSPS) is 10.6. The first-order chi connectivity index (χ1) is 20.2. The van der Waals surface area contributed by atoms with Crippen molar-refractivity contribution in [3.05, 3.63) is 82.9 Å². The van der Waals surface area contributed by atoms with E-state index in [4.69, 9.17) is 14.2 Å². The molecule has 3 rings (SSSR count). The molecule has 42 heavy (non-hydrogen) atoms. The molecule has 0 unspecified atom stereocenters. The second kappa shape index (κ2) is 15.6. The summed E-state index contributed by atoms with van der Waals surface area (Å²) in [4.78, 5) is 48.5. The number of hydrazone groups is 1. The van der Waals surface area contributed by atoms with Crippen molar-refractivity contribution in [3.63, 3.8) is 0 Å². The first kappa shape index (κ1) is 31.3. The molecule has 0 radical (unpaired) electrons. The van der Waals surface area contributed by atoms with Crippen LogP contribution in [-0.4, -0.2) is 49.7 Å². The highest BCUT2D eigenvalue weighted by Crippen LogP contribution is 2.28. The van der Waals surface area contributed by atoms with Crippen molar-refractivity contribution in [2.75, 3.05) is 30.5 Å². The van der Waals surface area contributed by atoms with Gasteiger partial charge in [0.1, 0.15) is 6.42 Å². The molecule has 0 aliphatic carbocycles. The molecule has 11 nitrogen and oxygen atoms in total. The van der Waals surface area contributed by atoms with Crippen LogP contribution in [0.4, 0.5) is 11.4 Å². The fourth-order valence-corrected chi connectivity index (χ4v) is 3.63. The Morgan fingerprint density at radius 1 is 0.738 bits per heavy atom. The molecule has 0 aliphatic heterocycles. The Bertz CT molecular complexity index is 1450. The van der Waals surface area contributed by atoms with Gasteiger partial charge in [-0.3, -0.25) is 14.4 Å². The van der Waals surface area contributed by atoms with Crippen molar-refractivity contribution >= 4 is 41.3 Å².